The molecule has 2 heterocycles. The van der Waals surface area contributed by atoms with Crippen molar-refractivity contribution < 1.29 is 0 Å². The van der Waals surface area contributed by atoms with Crippen molar-refractivity contribution >= 4 is 70.4 Å². The highest BCUT2D eigenvalue weighted by molar-refractivity contribution is 7.26. The summed E-state index contributed by atoms with van der Waals surface area (Å²) in [5.74, 6) is 0. The van der Waals surface area contributed by atoms with E-state index in [4.69, 9.17) is 0 Å². The van der Waals surface area contributed by atoms with Gasteiger partial charge in [-0.1, -0.05) is 170 Å². The summed E-state index contributed by atoms with van der Waals surface area (Å²) in [4.78, 5) is 2.57. The molecule has 10 aromatic carbocycles. The summed E-state index contributed by atoms with van der Waals surface area (Å²) in [6, 6.07) is 85.7. The van der Waals surface area contributed by atoms with Crippen LogP contribution in [-0.2, 0) is 5.41 Å². The number of fused-ring (bicyclic) bond motifs is 17. The number of para-hydroxylation sites is 1. The third kappa shape index (κ3) is 4.74. The number of anilines is 3. The minimum atomic E-state index is -0.463. The van der Waals surface area contributed by atoms with Gasteiger partial charge in [-0.3, -0.25) is 0 Å². The minimum absolute atomic E-state index is 0.463. The lowest BCUT2D eigenvalue weighted by molar-refractivity contribution is 0.794. The van der Waals surface area contributed by atoms with Gasteiger partial charge in [-0.15, -0.1) is 11.3 Å². The lowest BCUT2D eigenvalue weighted by Gasteiger charge is -2.32. The van der Waals surface area contributed by atoms with E-state index in [0.29, 0.717) is 0 Å². The third-order valence-corrected chi connectivity index (χ3v) is 15.1. The molecule has 12 aromatic rings. The van der Waals surface area contributed by atoms with Gasteiger partial charge in [-0.05, 0) is 111 Å². The smallest absolute Gasteiger partial charge is 0.0726 e. The van der Waals surface area contributed by atoms with Crippen LogP contribution in [0.3, 0.4) is 0 Å². The lowest BCUT2D eigenvalue weighted by atomic mass is 9.70. The predicted molar refractivity (Wildman–Crippen MR) is 270 cm³/mol. The summed E-state index contributed by atoms with van der Waals surface area (Å²) in [7, 11) is 0. The van der Waals surface area contributed by atoms with Gasteiger partial charge in [0.05, 0.1) is 27.8 Å². The second-order valence-corrected chi connectivity index (χ2v) is 18.2. The summed E-state index contributed by atoms with van der Waals surface area (Å²) in [6.45, 7) is 0. The van der Waals surface area contributed by atoms with E-state index in [-0.39, 0.29) is 0 Å². The summed E-state index contributed by atoms with van der Waals surface area (Å²) >= 11 is 1.88. The molecule has 1 spiro atoms. The fourth-order valence-electron chi connectivity index (χ4n) is 11.5. The fourth-order valence-corrected chi connectivity index (χ4v) is 12.7. The number of hydrogen-bond donors (Lipinski definition) is 0. The van der Waals surface area contributed by atoms with Gasteiger partial charge in [0.1, 0.15) is 0 Å². The van der Waals surface area contributed by atoms with Gasteiger partial charge in [0.2, 0.25) is 0 Å². The number of rotatable bonds is 5. The normalized spacial score (nSPS) is 13.1. The summed E-state index contributed by atoms with van der Waals surface area (Å²) in [5.41, 5.74) is 19.4. The first-order valence-corrected chi connectivity index (χ1v) is 22.9. The Morgan fingerprint density at radius 3 is 1.67 bits per heavy atom. The topological polar surface area (TPSA) is 8.17 Å². The van der Waals surface area contributed by atoms with Gasteiger partial charge in [-0.2, -0.15) is 0 Å². The van der Waals surface area contributed by atoms with Crippen LogP contribution in [0.4, 0.5) is 17.1 Å². The minimum Gasteiger partial charge on any atom is -0.309 e. The van der Waals surface area contributed by atoms with Crippen LogP contribution in [0.25, 0.3) is 81.0 Å². The summed E-state index contributed by atoms with van der Waals surface area (Å²) in [5, 5.41) is 5.12. The van der Waals surface area contributed by atoms with Crippen molar-refractivity contribution in [1.29, 1.82) is 0 Å². The van der Waals surface area contributed by atoms with Crippen molar-refractivity contribution in [2.75, 3.05) is 4.90 Å². The van der Waals surface area contributed by atoms with E-state index in [1.807, 2.05) is 11.3 Å². The highest BCUT2D eigenvalue weighted by Crippen LogP contribution is 2.65. The average Bonchev–Trinajstić information content (AvgIpc) is 4.09. The maximum Gasteiger partial charge on any atom is 0.0726 e. The molecular weight excluding hydrogens is 793 g/mol. The van der Waals surface area contributed by atoms with Gasteiger partial charge >= 0.3 is 0 Å². The molecule has 0 fully saturated rings. The zero-order valence-corrected chi connectivity index (χ0v) is 35.6. The van der Waals surface area contributed by atoms with Gasteiger partial charge in [0.25, 0.3) is 0 Å². The largest absolute Gasteiger partial charge is 0.309 e. The van der Waals surface area contributed by atoms with E-state index in [1.54, 1.807) is 0 Å². The summed E-state index contributed by atoms with van der Waals surface area (Å²) < 4.78 is 5.07. The van der Waals surface area contributed by atoms with E-state index in [1.165, 1.54) is 97.6 Å². The molecule has 2 nitrogen and oxygen atoms in total. The molecule has 2 aliphatic carbocycles. The lowest BCUT2D eigenvalue weighted by Crippen LogP contribution is -2.26. The second kappa shape index (κ2) is 13.5. The van der Waals surface area contributed by atoms with Crippen molar-refractivity contribution in [2.45, 2.75) is 5.41 Å². The van der Waals surface area contributed by atoms with Crippen molar-refractivity contribution in [3.8, 4) is 39.1 Å². The molecule has 3 heteroatoms. The zero-order chi connectivity index (χ0) is 41.9. The molecule has 298 valence electrons. The van der Waals surface area contributed by atoms with Gasteiger partial charge in [-0.25, -0.2) is 0 Å². The van der Waals surface area contributed by atoms with Crippen LogP contribution in [0, 0.1) is 0 Å². The first-order chi connectivity index (χ1) is 31.8. The molecule has 2 aromatic heterocycles. The average molecular weight is 831 g/mol. The molecule has 14 rings (SSSR count). The molecule has 0 aliphatic heterocycles. The maximum absolute atomic E-state index is 2.57. The quantitative estimate of drug-likeness (QED) is 0.168. The SMILES string of the molecule is c1ccc(-c2ccc(N(c3cccc4c3-c3ccccc3C43c4ccccc4-c4ccccc43)c3cccc4c3c3c5c(ccc3n4-c3ccccc3)sc3ccccc35)cc2)cc1. The Kier molecular flexibility index (Phi) is 7.51. The standard InChI is InChI=1S/C61H38N2S/c1-3-17-39(18-4-1)40-33-35-42(36-34-40)63(51-29-15-28-50-57(51)45-23-9-13-27-49(45)61(50)47-25-11-7-21-43(47)44-22-8-12-26-48(44)61)53-31-16-30-52-59(53)60-54(62(52)41-19-5-2-6-20-41)37-38-56-58(60)46-24-10-14-32-55(46)64-56/h1-38H. The Hall–Kier alpha value is -7.98. The number of nitrogens with zero attached hydrogens (tertiary/aromatic N) is 2. The Balaban J connectivity index is 1.13. The maximum atomic E-state index is 2.57. The monoisotopic (exact) mass is 830 g/mol. The van der Waals surface area contributed by atoms with E-state index in [2.05, 4.69) is 240 Å². The molecule has 64 heavy (non-hydrogen) atoms. The number of thiophene rings is 1. The van der Waals surface area contributed by atoms with Crippen molar-refractivity contribution in [2.24, 2.45) is 0 Å². The molecule has 2 aliphatic rings. The van der Waals surface area contributed by atoms with Crippen LogP contribution in [-0.4, -0.2) is 4.57 Å². The van der Waals surface area contributed by atoms with Crippen LogP contribution in [0.2, 0.25) is 0 Å². The van der Waals surface area contributed by atoms with Crippen molar-refractivity contribution in [3.63, 3.8) is 0 Å². The second-order valence-electron chi connectivity index (χ2n) is 17.1. The van der Waals surface area contributed by atoms with Crippen molar-refractivity contribution in [1.82, 2.24) is 4.57 Å². The molecular formula is C61H38N2S. The molecule has 0 saturated heterocycles. The molecule has 0 N–H and O–H groups in total. The zero-order valence-electron chi connectivity index (χ0n) is 34.7. The number of hydrogen-bond acceptors (Lipinski definition) is 2. The highest BCUT2D eigenvalue weighted by Gasteiger charge is 2.52. The van der Waals surface area contributed by atoms with Gasteiger partial charge in [0.15, 0.2) is 0 Å². The predicted octanol–water partition coefficient (Wildman–Crippen LogP) is 16.6. The van der Waals surface area contributed by atoms with Crippen molar-refractivity contribution in [3.05, 3.63) is 253 Å². The molecule has 0 saturated carbocycles. The first-order valence-electron chi connectivity index (χ1n) is 22.1. The number of benzene rings is 10. The Bertz CT molecular complexity index is 3790. The van der Waals surface area contributed by atoms with Crippen LogP contribution in [0.5, 0.6) is 0 Å². The molecule has 0 amide bonds. The van der Waals surface area contributed by atoms with E-state index in [0.717, 1.165) is 22.7 Å². The Morgan fingerprint density at radius 1 is 0.359 bits per heavy atom. The molecule has 0 radical (unpaired) electrons. The highest BCUT2D eigenvalue weighted by atomic mass is 32.1. The molecule has 0 unspecified atom stereocenters. The van der Waals surface area contributed by atoms with E-state index < -0.39 is 5.41 Å². The Morgan fingerprint density at radius 2 is 0.922 bits per heavy atom. The van der Waals surface area contributed by atoms with Gasteiger partial charge < -0.3 is 9.47 Å². The number of aromatic nitrogens is 1. The van der Waals surface area contributed by atoms with E-state index in [9.17, 15) is 0 Å². The summed E-state index contributed by atoms with van der Waals surface area (Å²) in [6.07, 6.45) is 0. The van der Waals surface area contributed by atoms with Gasteiger partial charge in [0, 0.05) is 47.9 Å². The van der Waals surface area contributed by atoms with Crippen LogP contribution in [0.15, 0.2) is 231 Å². The first kappa shape index (κ1) is 35.6. The van der Waals surface area contributed by atoms with Crippen LogP contribution >= 0.6 is 11.3 Å². The molecule has 0 atom stereocenters. The van der Waals surface area contributed by atoms with Crippen LogP contribution in [0.1, 0.15) is 22.3 Å². The third-order valence-electron chi connectivity index (χ3n) is 14.0. The fraction of sp³-hybridized carbons (Fsp3) is 0.0164. The Labute approximate surface area is 375 Å². The molecule has 0 bridgehead atoms. The van der Waals surface area contributed by atoms with Crippen LogP contribution < -0.4 is 4.90 Å². The van der Waals surface area contributed by atoms with E-state index >= 15 is 0 Å².